The second kappa shape index (κ2) is 2.19. The van der Waals surface area contributed by atoms with Crippen molar-refractivity contribution in [2.75, 3.05) is 13.2 Å². The van der Waals surface area contributed by atoms with Gasteiger partial charge in [-0.25, -0.2) is 0 Å². The van der Waals surface area contributed by atoms with Crippen LogP contribution in [0, 0.1) is 0 Å². The molecule has 6 heavy (non-hydrogen) atoms. The van der Waals surface area contributed by atoms with Crippen molar-refractivity contribution in [2.24, 2.45) is 0 Å². The minimum absolute atomic E-state index is 0.214. The van der Waals surface area contributed by atoms with Gasteiger partial charge in [0.05, 0.1) is 1.37 Å². The summed E-state index contributed by atoms with van der Waals surface area (Å²) in [4.78, 5) is 0. The summed E-state index contributed by atoms with van der Waals surface area (Å²) >= 11 is 0. The minimum atomic E-state index is -0.214. The van der Waals surface area contributed by atoms with Crippen LogP contribution >= 0.6 is 0 Å². The second-order valence-corrected chi connectivity index (χ2v) is 1.53. The summed E-state index contributed by atoms with van der Waals surface area (Å²) in [5, 5.41) is 0. The molecule has 0 bridgehead atoms. The number of ether oxygens (including phenoxy) is 1. The molecule has 1 atom stereocenters. The lowest BCUT2D eigenvalue weighted by molar-refractivity contribution is 0.0968. The van der Waals surface area contributed by atoms with Gasteiger partial charge in [0.2, 0.25) is 0 Å². The van der Waals surface area contributed by atoms with Crippen LogP contribution in [0.15, 0.2) is 0 Å². The molecule has 1 fully saturated rings. The Morgan fingerprint density at radius 3 is 2.67 bits per heavy atom. The van der Waals surface area contributed by atoms with Gasteiger partial charge in [-0.05, 0) is 19.3 Å². The number of hydrogen-bond acceptors (Lipinski definition) is 1. The van der Waals surface area contributed by atoms with Crippen molar-refractivity contribution in [3.63, 3.8) is 0 Å². The quantitative estimate of drug-likeness (QED) is 0.431. The third-order valence-electron chi connectivity index (χ3n) is 0.952. The van der Waals surface area contributed by atoms with Gasteiger partial charge in [-0.3, -0.25) is 0 Å². The molecule has 0 aromatic rings. The van der Waals surface area contributed by atoms with E-state index >= 15 is 0 Å². The van der Waals surface area contributed by atoms with E-state index in [1.165, 1.54) is 6.42 Å². The Kier molecular flexibility index (Phi) is 1.10. The van der Waals surface area contributed by atoms with E-state index in [1.54, 1.807) is 0 Å². The maximum atomic E-state index is 7.05. The normalized spacial score (nSPS) is 38.7. The monoisotopic (exact) mass is 87.1 g/mol. The molecule has 1 nitrogen and oxygen atoms in total. The summed E-state index contributed by atoms with van der Waals surface area (Å²) in [5.41, 5.74) is 0. The lowest BCUT2D eigenvalue weighted by Gasteiger charge is -2.08. The van der Waals surface area contributed by atoms with E-state index in [0.29, 0.717) is 0 Å². The first-order valence-electron chi connectivity index (χ1n) is 3.01. The summed E-state index contributed by atoms with van der Waals surface area (Å²) in [6.45, 7) is 0.586. The molecular formula is C5H10O. The molecule has 0 aromatic carbocycles. The van der Waals surface area contributed by atoms with Gasteiger partial charge >= 0.3 is 0 Å². The topological polar surface area (TPSA) is 9.23 Å². The van der Waals surface area contributed by atoms with Crippen LogP contribution in [0.3, 0.4) is 0 Å². The van der Waals surface area contributed by atoms with Crippen LogP contribution in [0.25, 0.3) is 0 Å². The summed E-state index contributed by atoms with van der Waals surface area (Å²) in [6.07, 6.45) is 3.25. The molecule has 1 saturated heterocycles. The molecule has 1 heteroatoms. The Bertz CT molecular complexity index is 50.0. The molecule has 0 saturated carbocycles. The zero-order valence-electron chi connectivity index (χ0n) is 4.81. The smallest absolute Gasteiger partial charge is 0.0567 e. The molecule has 0 aliphatic carbocycles. The lowest BCUT2D eigenvalue weighted by Crippen LogP contribution is -2.03. The first kappa shape index (κ1) is 3.03. The molecule has 1 heterocycles. The highest BCUT2D eigenvalue weighted by Gasteiger charge is 1.94. The third kappa shape index (κ3) is 0.977. The fourth-order valence-corrected chi connectivity index (χ4v) is 0.580. The highest BCUT2D eigenvalue weighted by Crippen LogP contribution is 2.01. The number of rotatable bonds is 0. The van der Waals surface area contributed by atoms with Gasteiger partial charge in [0, 0.05) is 13.2 Å². The third-order valence-corrected chi connectivity index (χ3v) is 0.952. The van der Waals surface area contributed by atoms with Gasteiger partial charge < -0.3 is 4.74 Å². The van der Waals surface area contributed by atoms with E-state index in [-0.39, 0.29) is 6.58 Å². The Labute approximate surface area is 39.7 Å². The summed E-state index contributed by atoms with van der Waals surface area (Å²) < 4.78 is 12.0. The van der Waals surface area contributed by atoms with Crippen molar-refractivity contribution in [3.05, 3.63) is 0 Å². The fourth-order valence-electron chi connectivity index (χ4n) is 0.580. The molecule has 1 aliphatic rings. The predicted octanol–water partition coefficient (Wildman–Crippen LogP) is 1.19. The molecule has 0 unspecified atom stereocenters. The average Bonchev–Trinajstić information content (AvgIpc) is 1.69. The van der Waals surface area contributed by atoms with Gasteiger partial charge in [-0.15, -0.1) is 0 Å². The zero-order chi connectivity index (χ0) is 5.11. The second-order valence-electron chi connectivity index (χ2n) is 1.53. The molecule has 0 radical (unpaired) electrons. The van der Waals surface area contributed by atoms with Crippen molar-refractivity contribution >= 4 is 0 Å². The van der Waals surface area contributed by atoms with Crippen LogP contribution in [0.5, 0.6) is 0 Å². The maximum Gasteiger partial charge on any atom is 0.0567 e. The standard InChI is InChI=1S/C5H10O/c1-2-4-6-5-3-1/h1-5H2/i4D/t4-/m0/s1. The van der Waals surface area contributed by atoms with Crippen LogP contribution in [0.4, 0.5) is 0 Å². The van der Waals surface area contributed by atoms with E-state index < -0.39 is 0 Å². The summed E-state index contributed by atoms with van der Waals surface area (Å²) in [7, 11) is 0. The Hall–Kier alpha value is -0.0400. The first-order chi connectivity index (χ1) is 3.39. The van der Waals surface area contributed by atoms with E-state index in [0.717, 1.165) is 19.4 Å². The van der Waals surface area contributed by atoms with Gasteiger partial charge in [0.15, 0.2) is 0 Å². The van der Waals surface area contributed by atoms with Gasteiger partial charge in [0.1, 0.15) is 0 Å². The molecule has 1 rings (SSSR count). The summed E-state index contributed by atoms with van der Waals surface area (Å²) in [5.74, 6) is 0. The zero-order valence-corrected chi connectivity index (χ0v) is 3.81. The van der Waals surface area contributed by atoms with Crippen molar-refractivity contribution in [1.82, 2.24) is 0 Å². The van der Waals surface area contributed by atoms with Crippen molar-refractivity contribution in [1.29, 1.82) is 0 Å². The Morgan fingerprint density at radius 1 is 1.33 bits per heavy atom. The van der Waals surface area contributed by atoms with Crippen molar-refractivity contribution in [3.8, 4) is 0 Å². The first-order valence-corrected chi connectivity index (χ1v) is 2.43. The predicted molar refractivity (Wildman–Crippen MR) is 24.7 cm³/mol. The highest BCUT2D eigenvalue weighted by atomic mass is 16.5. The molecule has 0 spiro atoms. The van der Waals surface area contributed by atoms with Crippen LogP contribution in [-0.4, -0.2) is 13.2 Å². The summed E-state index contributed by atoms with van der Waals surface area (Å²) in [6, 6.07) is 0. The molecule has 1 aliphatic heterocycles. The van der Waals surface area contributed by atoms with Crippen LogP contribution < -0.4 is 0 Å². The lowest BCUT2D eigenvalue weighted by atomic mass is 10.2. The maximum absolute atomic E-state index is 7.05. The molecule has 0 N–H and O–H groups in total. The molecule has 0 aromatic heterocycles. The van der Waals surface area contributed by atoms with E-state index in [1.807, 2.05) is 0 Å². The largest absolute Gasteiger partial charge is 0.381 e. The molecule has 0 amide bonds. The Morgan fingerprint density at radius 2 is 2.33 bits per heavy atom. The van der Waals surface area contributed by atoms with Gasteiger partial charge in [-0.2, -0.15) is 0 Å². The van der Waals surface area contributed by atoms with Crippen LogP contribution in [0.1, 0.15) is 20.6 Å². The number of hydrogen-bond donors (Lipinski definition) is 0. The molecular weight excluding hydrogens is 76.1 g/mol. The van der Waals surface area contributed by atoms with Crippen molar-refractivity contribution in [2.45, 2.75) is 19.3 Å². The van der Waals surface area contributed by atoms with Crippen LogP contribution in [-0.2, 0) is 4.74 Å². The van der Waals surface area contributed by atoms with E-state index in [2.05, 4.69) is 0 Å². The fraction of sp³-hybridized carbons (Fsp3) is 1.00. The van der Waals surface area contributed by atoms with Gasteiger partial charge in [0.25, 0.3) is 0 Å². The SMILES string of the molecule is [2H][C@H]1CCCCO1. The molecule has 36 valence electrons. The van der Waals surface area contributed by atoms with Gasteiger partial charge in [-0.1, -0.05) is 0 Å². The van der Waals surface area contributed by atoms with E-state index in [9.17, 15) is 0 Å². The highest BCUT2D eigenvalue weighted by molar-refractivity contribution is 4.45. The van der Waals surface area contributed by atoms with E-state index in [4.69, 9.17) is 6.11 Å². The minimum Gasteiger partial charge on any atom is -0.381 e. The van der Waals surface area contributed by atoms with Crippen molar-refractivity contribution < 1.29 is 6.11 Å². The Balaban J connectivity index is 2.12. The average molecular weight is 87.1 g/mol. The van der Waals surface area contributed by atoms with Crippen LogP contribution in [0.2, 0.25) is 0 Å².